The Hall–Kier alpha value is -2.84. The Labute approximate surface area is 188 Å². The highest BCUT2D eigenvalue weighted by Gasteiger charge is 2.32. The Balaban J connectivity index is 2.54. The monoisotopic (exact) mass is 439 g/mol. The van der Waals surface area contributed by atoms with Crippen molar-refractivity contribution >= 4 is 28.7 Å². The zero-order chi connectivity index (χ0) is 23.4. The molecular formula is C23H29N5O2S. The fraction of sp³-hybridized carbons (Fsp3) is 0.522. The molecule has 0 N–H and O–H groups in total. The third-order valence-electron chi connectivity index (χ3n) is 4.31. The molecule has 31 heavy (non-hydrogen) atoms. The summed E-state index contributed by atoms with van der Waals surface area (Å²) < 4.78 is 5.54. The number of ether oxygens (including phenoxy) is 1. The second kappa shape index (κ2) is 9.53. The van der Waals surface area contributed by atoms with E-state index < -0.39 is 11.7 Å². The highest BCUT2D eigenvalue weighted by molar-refractivity contribution is 8.13. The zero-order valence-electron chi connectivity index (χ0n) is 19.2. The van der Waals surface area contributed by atoms with Crippen LogP contribution in [-0.2, 0) is 10.2 Å². The Morgan fingerprint density at radius 1 is 1.23 bits per heavy atom. The van der Waals surface area contributed by atoms with Gasteiger partial charge >= 0.3 is 6.09 Å². The van der Waals surface area contributed by atoms with Crippen LogP contribution in [0, 0.1) is 28.6 Å². The average molecular weight is 440 g/mol. The van der Waals surface area contributed by atoms with Crippen molar-refractivity contribution in [3.8, 4) is 12.1 Å². The van der Waals surface area contributed by atoms with E-state index in [4.69, 9.17) is 4.74 Å². The van der Waals surface area contributed by atoms with Gasteiger partial charge < -0.3 is 4.74 Å². The number of amides is 1. The smallest absolute Gasteiger partial charge is 0.416 e. The molecule has 7 nitrogen and oxygen atoms in total. The van der Waals surface area contributed by atoms with E-state index in [1.165, 1.54) is 16.7 Å². The second-order valence-corrected chi connectivity index (χ2v) is 10.5. The number of nitrogens with zero attached hydrogens (tertiary/aromatic N) is 5. The fourth-order valence-electron chi connectivity index (χ4n) is 2.77. The number of hydrogen-bond acceptors (Lipinski definition) is 7. The van der Waals surface area contributed by atoms with E-state index in [9.17, 15) is 15.3 Å². The first-order chi connectivity index (χ1) is 14.4. The maximum Gasteiger partial charge on any atom is 0.416 e. The molecule has 2 heterocycles. The predicted octanol–water partition coefficient (Wildman–Crippen LogP) is 5.11. The number of allylic oxidation sites excluding steroid dienone is 1. The summed E-state index contributed by atoms with van der Waals surface area (Å²) in [5.41, 5.74) is 0.704. The van der Waals surface area contributed by atoms with Crippen LogP contribution in [0.25, 0.3) is 5.70 Å². The Morgan fingerprint density at radius 3 is 2.35 bits per heavy atom. The highest BCUT2D eigenvalue weighted by atomic mass is 32.2. The van der Waals surface area contributed by atoms with Gasteiger partial charge in [0, 0.05) is 35.2 Å². The molecule has 1 saturated heterocycles. The lowest BCUT2D eigenvalue weighted by molar-refractivity contribution is 0.0358. The Morgan fingerprint density at radius 2 is 1.87 bits per heavy atom. The molecule has 0 radical (unpaired) electrons. The molecule has 1 aliphatic heterocycles. The average Bonchev–Trinajstić information content (AvgIpc) is 2.67. The first-order valence-electron chi connectivity index (χ1n) is 10.1. The standard InChI is InChI=1S/C23H29N5O2S/c1-15-13-28(21(29)30-23(5,6)7)20(31-14-15)27-19(17(10-24)11-25)16-8-9-18(26-12-16)22(2,3)4/h8-9,12,15H,13-14H2,1-7H3. The lowest BCUT2D eigenvalue weighted by atomic mass is 9.91. The van der Waals surface area contributed by atoms with E-state index in [2.05, 4.69) is 30.7 Å². The quantitative estimate of drug-likeness (QED) is 0.593. The van der Waals surface area contributed by atoms with Gasteiger partial charge in [0.15, 0.2) is 10.7 Å². The number of hydrogen-bond donors (Lipinski definition) is 0. The number of carbonyl (C=O) groups excluding carboxylic acids is 1. The van der Waals surface area contributed by atoms with Crippen LogP contribution < -0.4 is 0 Å². The van der Waals surface area contributed by atoms with Gasteiger partial charge in [0.25, 0.3) is 0 Å². The van der Waals surface area contributed by atoms with Crippen LogP contribution in [-0.4, -0.2) is 39.0 Å². The summed E-state index contributed by atoms with van der Waals surface area (Å²) in [6.07, 6.45) is 1.11. The van der Waals surface area contributed by atoms with E-state index >= 15 is 0 Å². The van der Waals surface area contributed by atoms with Gasteiger partial charge in [0.2, 0.25) is 0 Å². The SMILES string of the molecule is CC1CSC(=NC(=C(C#N)C#N)c2ccc(C(C)(C)C)nc2)N(C(=O)OC(C)(C)C)C1. The number of nitriles is 2. The van der Waals surface area contributed by atoms with Crippen molar-refractivity contribution in [1.29, 1.82) is 10.5 Å². The summed E-state index contributed by atoms with van der Waals surface area (Å²) in [5.74, 6) is 1.02. The first kappa shape index (κ1) is 24.4. The Bertz CT molecular complexity index is 954. The van der Waals surface area contributed by atoms with Crippen LogP contribution in [0.2, 0.25) is 0 Å². The third-order valence-corrected chi connectivity index (χ3v) is 5.61. The van der Waals surface area contributed by atoms with Crippen molar-refractivity contribution < 1.29 is 9.53 Å². The van der Waals surface area contributed by atoms with E-state index in [1.807, 2.05) is 25.1 Å². The Kier molecular flexibility index (Phi) is 7.51. The first-order valence-corrected chi connectivity index (χ1v) is 11.1. The van der Waals surface area contributed by atoms with Crippen LogP contribution in [0.4, 0.5) is 4.79 Å². The number of rotatable bonds is 2. The van der Waals surface area contributed by atoms with Gasteiger partial charge in [-0.3, -0.25) is 9.88 Å². The zero-order valence-corrected chi connectivity index (χ0v) is 20.0. The second-order valence-electron chi connectivity index (χ2n) is 9.53. The van der Waals surface area contributed by atoms with Crippen molar-refractivity contribution in [3.05, 3.63) is 35.2 Å². The van der Waals surface area contributed by atoms with Gasteiger partial charge in [0.1, 0.15) is 23.4 Å². The maximum atomic E-state index is 12.8. The van der Waals surface area contributed by atoms with Gasteiger partial charge in [-0.2, -0.15) is 10.5 Å². The number of carbonyl (C=O) groups is 1. The van der Waals surface area contributed by atoms with Crippen molar-refractivity contribution in [3.63, 3.8) is 0 Å². The largest absolute Gasteiger partial charge is 0.443 e. The minimum absolute atomic E-state index is 0.134. The summed E-state index contributed by atoms with van der Waals surface area (Å²) in [6.45, 7) is 14.1. The maximum absolute atomic E-state index is 12.8. The molecule has 1 aromatic heterocycles. The van der Waals surface area contributed by atoms with E-state index in [-0.39, 0.29) is 22.6 Å². The molecule has 1 fully saturated rings. The molecule has 0 aromatic carbocycles. The third kappa shape index (κ3) is 6.57. The molecule has 2 rings (SSSR count). The number of aliphatic imine (C=N–C) groups is 1. The molecule has 1 atom stereocenters. The van der Waals surface area contributed by atoms with E-state index in [0.717, 1.165) is 11.4 Å². The lowest BCUT2D eigenvalue weighted by Gasteiger charge is -2.33. The lowest BCUT2D eigenvalue weighted by Crippen LogP contribution is -2.45. The molecular weight excluding hydrogens is 410 g/mol. The van der Waals surface area contributed by atoms with Crippen LogP contribution in [0.15, 0.2) is 28.9 Å². The van der Waals surface area contributed by atoms with Crippen LogP contribution >= 0.6 is 11.8 Å². The summed E-state index contributed by atoms with van der Waals surface area (Å²) in [7, 11) is 0. The number of aromatic nitrogens is 1. The van der Waals surface area contributed by atoms with Gasteiger partial charge in [0.05, 0.1) is 0 Å². The highest BCUT2D eigenvalue weighted by Crippen LogP contribution is 2.29. The van der Waals surface area contributed by atoms with Gasteiger partial charge in [-0.05, 0) is 38.8 Å². The van der Waals surface area contributed by atoms with Crippen molar-refractivity contribution in [2.24, 2.45) is 10.9 Å². The topological polar surface area (TPSA) is 102 Å². The van der Waals surface area contributed by atoms with Gasteiger partial charge in [-0.25, -0.2) is 9.79 Å². The molecule has 1 aliphatic rings. The van der Waals surface area contributed by atoms with E-state index in [1.54, 1.807) is 33.0 Å². The van der Waals surface area contributed by atoms with Crippen LogP contribution in [0.3, 0.4) is 0 Å². The van der Waals surface area contributed by atoms with Crippen molar-refractivity contribution in [2.75, 3.05) is 12.3 Å². The molecule has 0 aliphatic carbocycles. The molecule has 1 amide bonds. The van der Waals surface area contributed by atoms with E-state index in [0.29, 0.717) is 17.3 Å². The molecule has 164 valence electrons. The van der Waals surface area contributed by atoms with Crippen LogP contribution in [0.5, 0.6) is 0 Å². The van der Waals surface area contributed by atoms with Gasteiger partial charge in [-0.15, -0.1) is 0 Å². The number of thioether (sulfide) groups is 1. The molecule has 0 spiro atoms. The minimum atomic E-state index is -0.649. The number of pyridine rings is 1. The molecule has 1 unspecified atom stereocenters. The molecule has 8 heteroatoms. The minimum Gasteiger partial charge on any atom is -0.443 e. The summed E-state index contributed by atoms with van der Waals surface area (Å²) in [4.78, 5) is 23.4. The molecule has 0 saturated carbocycles. The molecule has 0 bridgehead atoms. The van der Waals surface area contributed by atoms with Gasteiger partial charge in [-0.1, -0.05) is 39.5 Å². The predicted molar refractivity (Wildman–Crippen MR) is 123 cm³/mol. The molecule has 1 aromatic rings. The number of amidine groups is 1. The normalized spacial score (nSPS) is 18.2. The van der Waals surface area contributed by atoms with Crippen LogP contribution in [0.1, 0.15) is 59.7 Å². The summed E-state index contributed by atoms with van der Waals surface area (Å²) in [6, 6.07) is 7.50. The van der Waals surface area contributed by atoms with Crippen molar-refractivity contribution in [1.82, 2.24) is 9.88 Å². The fourth-order valence-corrected chi connectivity index (χ4v) is 3.77. The van der Waals surface area contributed by atoms with Crippen molar-refractivity contribution in [2.45, 2.75) is 59.5 Å². The summed E-state index contributed by atoms with van der Waals surface area (Å²) >= 11 is 1.40. The summed E-state index contributed by atoms with van der Waals surface area (Å²) in [5, 5.41) is 19.4.